The van der Waals surface area contributed by atoms with E-state index in [9.17, 15) is 9.59 Å². The lowest BCUT2D eigenvalue weighted by Gasteiger charge is -2.14. The van der Waals surface area contributed by atoms with Crippen molar-refractivity contribution >= 4 is 17.6 Å². The predicted octanol–water partition coefficient (Wildman–Crippen LogP) is 1.94. The second-order valence-electron chi connectivity index (χ2n) is 4.99. The van der Waals surface area contributed by atoms with Gasteiger partial charge in [0.15, 0.2) is 6.10 Å². The average Bonchev–Trinajstić information content (AvgIpc) is 2.84. The van der Waals surface area contributed by atoms with Crippen LogP contribution in [0.1, 0.15) is 50.5 Å². The Morgan fingerprint density at radius 3 is 2.71 bits per heavy atom. The summed E-state index contributed by atoms with van der Waals surface area (Å²) in [4.78, 5) is 23.9. The molecule has 1 aromatic heterocycles. The fourth-order valence-corrected chi connectivity index (χ4v) is 1.97. The normalized spacial score (nSPS) is 12.0. The number of aryl methyl sites for hydroxylation is 1. The summed E-state index contributed by atoms with van der Waals surface area (Å²) in [6, 6.07) is 1.55. The Morgan fingerprint density at radius 2 is 2.10 bits per heavy atom. The lowest BCUT2D eigenvalue weighted by molar-refractivity contribution is -0.129. The van der Waals surface area contributed by atoms with Gasteiger partial charge in [0.25, 0.3) is 5.91 Å². The van der Waals surface area contributed by atoms with Crippen molar-refractivity contribution in [2.45, 2.75) is 52.7 Å². The molecule has 0 fully saturated rings. The van der Waals surface area contributed by atoms with Crippen molar-refractivity contribution < 1.29 is 14.3 Å². The van der Waals surface area contributed by atoms with Crippen molar-refractivity contribution in [3.8, 4) is 0 Å². The molecule has 1 aromatic rings. The first-order valence-electron chi connectivity index (χ1n) is 7.43. The Kier molecular flexibility index (Phi) is 6.78. The molecule has 1 amide bonds. The number of amides is 1. The van der Waals surface area contributed by atoms with E-state index in [0.717, 1.165) is 19.3 Å². The van der Waals surface area contributed by atoms with Crippen LogP contribution in [0, 0.1) is 0 Å². The van der Waals surface area contributed by atoms with Crippen LogP contribution in [0.4, 0.5) is 5.69 Å². The molecule has 118 valence electrons. The summed E-state index contributed by atoms with van der Waals surface area (Å²) in [7, 11) is 0. The molecule has 0 saturated heterocycles. The van der Waals surface area contributed by atoms with Crippen LogP contribution in [0.15, 0.2) is 12.3 Å². The highest BCUT2D eigenvalue weighted by Crippen LogP contribution is 2.12. The standard InChI is InChI=1S/C15H25N3O3/c1-4-6-7-8-17-14(19)11(3)21-15(20)13-9-12(16)10-18(13)5-2/h9-11H,4-8,16H2,1-3H3,(H,17,19). The van der Waals surface area contributed by atoms with Crippen LogP contribution >= 0.6 is 0 Å². The first-order valence-corrected chi connectivity index (χ1v) is 7.43. The quantitative estimate of drug-likeness (QED) is 0.567. The number of nitrogens with zero attached hydrogens (tertiary/aromatic N) is 1. The van der Waals surface area contributed by atoms with Gasteiger partial charge in [0.1, 0.15) is 5.69 Å². The molecule has 1 heterocycles. The van der Waals surface area contributed by atoms with Crippen LogP contribution < -0.4 is 11.1 Å². The lowest BCUT2D eigenvalue weighted by atomic mass is 10.2. The number of aromatic nitrogens is 1. The van der Waals surface area contributed by atoms with Crippen molar-refractivity contribution in [1.29, 1.82) is 0 Å². The van der Waals surface area contributed by atoms with E-state index in [1.54, 1.807) is 23.8 Å². The van der Waals surface area contributed by atoms with Gasteiger partial charge in [-0.15, -0.1) is 0 Å². The molecule has 1 unspecified atom stereocenters. The van der Waals surface area contributed by atoms with E-state index < -0.39 is 12.1 Å². The van der Waals surface area contributed by atoms with E-state index in [1.807, 2.05) is 6.92 Å². The molecule has 6 nitrogen and oxygen atoms in total. The first kappa shape index (κ1) is 17.1. The van der Waals surface area contributed by atoms with Crippen LogP contribution in [0.25, 0.3) is 0 Å². The Hall–Kier alpha value is -1.98. The van der Waals surface area contributed by atoms with E-state index in [0.29, 0.717) is 24.5 Å². The molecule has 21 heavy (non-hydrogen) atoms. The maximum atomic E-state index is 12.1. The zero-order chi connectivity index (χ0) is 15.8. The van der Waals surface area contributed by atoms with Crippen LogP contribution in [-0.4, -0.2) is 29.1 Å². The number of carbonyl (C=O) groups excluding carboxylic acids is 2. The summed E-state index contributed by atoms with van der Waals surface area (Å²) in [6.07, 6.45) is 3.94. The Bertz CT molecular complexity index is 483. The minimum atomic E-state index is -0.819. The van der Waals surface area contributed by atoms with E-state index in [1.165, 1.54) is 0 Å². The van der Waals surface area contributed by atoms with E-state index in [-0.39, 0.29) is 5.91 Å². The number of nitrogen functional groups attached to an aromatic ring is 1. The number of anilines is 1. The number of hydrogen-bond acceptors (Lipinski definition) is 4. The molecule has 0 bridgehead atoms. The Balaban J connectivity index is 2.51. The molecule has 1 rings (SSSR count). The van der Waals surface area contributed by atoms with Gasteiger partial charge in [0.05, 0.1) is 5.69 Å². The third-order valence-electron chi connectivity index (χ3n) is 3.20. The summed E-state index contributed by atoms with van der Waals surface area (Å²) in [5.41, 5.74) is 6.53. The smallest absolute Gasteiger partial charge is 0.355 e. The second kappa shape index (κ2) is 8.34. The van der Waals surface area contributed by atoms with Gasteiger partial charge in [0, 0.05) is 19.3 Å². The number of carbonyl (C=O) groups is 2. The predicted molar refractivity (Wildman–Crippen MR) is 81.9 cm³/mol. The van der Waals surface area contributed by atoms with Gasteiger partial charge in [-0.1, -0.05) is 19.8 Å². The molecule has 0 aliphatic heterocycles. The summed E-state index contributed by atoms with van der Waals surface area (Å²) in [5.74, 6) is -0.813. The number of hydrogen-bond donors (Lipinski definition) is 2. The maximum absolute atomic E-state index is 12.1. The fraction of sp³-hybridized carbons (Fsp3) is 0.600. The third kappa shape index (κ3) is 5.13. The monoisotopic (exact) mass is 295 g/mol. The number of unbranched alkanes of at least 4 members (excludes halogenated alkanes) is 2. The molecule has 0 radical (unpaired) electrons. The minimum absolute atomic E-state index is 0.276. The van der Waals surface area contributed by atoms with E-state index in [4.69, 9.17) is 10.5 Å². The van der Waals surface area contributed by atoms with Crippen LogP contribution in [-0.2, 0) is 16.1 Å². The van der Waals surface area contributed by atoms with Crippen molar-refractivity contribution in [3.05, 3.63) is 18.0 Å². The molecular formula is C15H25N3O3. The van der Waals surface area contributed by atoms with Gasteiger partial charge in [0.2, 0.25) is 0 Å². The fourth-order valence-electron chi connectivity index (χ4n) is 1.97. The Morgan fingerprint density at radius 1 is 1.38 bits per heavy atom. The summed E-state index contributed by atoms with van der Waals surface area (Å²) >= 11 is 0. The first-order chi connectivity index (χ1) is 9.99. The number of nitrogens with two attached hydrogens (primary N) is 1. The summed E-state index contributed by atoms with van der Waals surface area (Å²) < 4.78 is 6.88. The number of rotatable bonds is 8. The number of ether oxygens (including phenoxy) is 1. The van der Waals surface area contributed by atoms with Gasteiger partial charge >= 0.3 is 5.97 Å². The molecule has 0 aliphatic rings. The highest BCUT2D eigenvalue weighted by atomic mass is 16.5. The molecule has 0 spiro atoms. The van der Waals surface area contributed by atoms with E-state index >= 15 is 0 Å². The van der Waals surface area contributed by atoms with E-state index in [2.05, 4.69) is 12.2 Å². The molecule has 0 aliphatic carbocycles. The largest absolute Gasteiger partial charge is 0.448 e. The van der Waals surface area contributed by atoms with Crippen molar-refractivity contribution in [1.82, 2.24) is 9.88 Å². The second-order valence-corrected chi connectivity index (χ2v) is 4.99. The van der Waals surface area contributed by atoms with Crippen LogP contribution in [0.2, 0.25) is 0 Å². The van der Waals surface area contributed by atoms with Gasteiger partial charge in [-0.05, 0) is 26.3 Å². The molecule has 6 heteroatoms. The van der Waals surface area contributed by atoms with Crippen molar-refractivity contribution in [3.63, 3.8) is 0 Å². The highest BCUT2D eigenvalue weighted by molar-refractivity contribution is 5.91. The number of nitrogens with one attached hydrogen (secondary N) is 1. The third-order valence-corrected chi connectivity index (χ3v) is 3.20. The van der Waals surface area contributed by atoms with Crippen LogP contribution in [0.5, 0.6) is 0 Å². The lowest BCUT2D eigenvalue weighted by Crippen LogP contribution is -2.36. The van der Waals surface area contributed by atoms with Crippen molar-refractivity contribution in [2.24, 2.45) is 0 Å². The topological polar surface area (TPSA) is 86.3 Å². The summed E-state index contributed by atoms with van der Waals surface area (Å²) in [6.45, 7) is 6.78. The SMILES string of the molecule is CCCCCNC(=O)C(C)OC(=O)c1cc(N)cn1CC. The van der Waals surface area contributed by atoms with Crippen LogP contribution in [0.3, 0.4) is 0 Å². The zero-order valence-electron chi connectivity index (χ0n) is 13.0. The van der Waals surface area contributed by atoms with Crippen molar-refractivity contribution in [2.75, 3.05) is 12.3 Å². The highest BCUT2D eigenvalue weighted by Gasteiger charge is 2.21. The average molecular weight is 295 g/mol. The Labute approximate surface area is 125 Å². The number of esters is 1. The summed E-state index contributed by atoms with van der Waals surface area (Å²) in [5, 5.41) is 2.76. The molecule has 3 N–H and O–H groups in total. The van der Waals surface area contributed by atoms with Gasteiger partial charge in [-0.2, -0.15) is 0 Å². The zero-order valence-corrected chi connectivity index (χ0v) is 13.0. The molecule has 0 aromatic carbocycles. The molecule has 1 atom stereocenters. The maximum Gasteiger partial charge on any atom is 0.355 e. The molecule has 0 saturated carbocycles. The van der Waals surface area contributed by atoms with Gasteiger partial charge in [-0.3, -0.25) is 4.79 Å². The van der Waals surface area contributed by atoms with Gasteiger partial charge in [-0.25, -0.2) is 4.79 Å². The van der Waals surface area contributed by atoms with Gasteiger partial charge < -0.3 is 20.4 Å². The minimum Gasteiger partial charge on any atom is -0.448 e. The molecular weight excluding hydrogens is 270 g/mol.